The van der Waals surface area contributed by atoms with Crippen molar-refractivity contribution in [2.24, 2.45) is 0 Å². The Hall–Kier alpha value is -1.60. The molecule has 0 aliphatic carbocycles. The molecule has 1 heterocycles. The zero-order valence-electron chi connectivity index (χ0n) is 11.3. The van der Waals surface area contributed by atoms with Crippen molar-refractivity contribution in [3.63, 3.8) is 0 Å². The smallest absolute Gasteiger partial charge is 0.328 e. The van der Waals surface area contributed by atoms with Crippen molar-refractivity contribution >= 4 is 27.8 Å². The number of halogens is 1. The van der Waals surface area contributed by atoms with E-state index in [2.05, 4.69) is 15.9 Å². The molecule has 1 fully saturated rings. The Balaban J connectivity index is 1.83. The predicted octanol–water partition coefficient (Wildman–Crippen LogP) is 1.53. The zero-order chi connectivity index (χ0) is 15.2. The van der Waals surface area contributed by atoms with Crippen LogP contribution in [0.15, 0.2) is 28.7 Å². The zero-order valence-corrected chi connectivity index (χ0v) is 12.9. The summed E-state index contributed by atoms with van der Waals surface area (Å²) in [5, 5.41) is 9.08. The molecule has 0 bridgehead atoms. The minimum Gasteiger partial charge on any atom is -0.493 e. The number of aliphatic carboxylic acids is 1. The molecule has 1 aliphatic heterocycles. The van der Waals surface area contributed by atoms with Gasteiger partial charge in [-0.25, -0.2) is 4.79 Å². The molecule has 1 N–H and O–H groups in total. The van der Waals surface area contributed by atoms with Gasteiger partial charge in [0.25, 0.3) is 0 Å². The van der Waals surface area contributed by atoms with E-state index in [1.54, 1.807) is 12.1 Å². The van der Waals surface area contributed by atoms with Crippen molar-refractivity contribution in [1.82, 2.24) is 4.90 Å². The van der Waals surface area contributed by atoms with Crippen LogP contribution < -0.4 is 4.74 Å². The molecule has 0 radical (unpaired) electrons. The quantitative estimate of drug-likeness (QED) is 0.864. The summed E-state index contributed by atoms with van der Waals surface area (Å²) in [4.78, 5) is 24.5. The number of carboxylic acids is 1. The molecule has 1 unspecified atom stereocenters. The molecule has 1 amide bonds. The minimum atomic E-state index is -1.04. The SMILES string of the molecule is O=C(O)C1COCCN1C(=O)CCOc1ccc(Br)cc1. The minimum absolute atomic E-state index is 0.0364. The predicted molar refractivity (Wildman–Crippen MR) is 78.2 cm³/mol. The first-order valence-electron chi connectivity index (χ1n) is 6.56. The van der Waals surface area contributed by atoms with Crippen molar-refractivity contribution in [2.75, 3.05) is 26.4 Å². The molecule has 1 atom stereocenters. The summed E-state index contributed by atoms with van der Waals surface area (Å²) in [7, 11) is 0. The summed E-state index contributed by atoms with van der Waals surface area (Å²) >= 11 is 3.33. The number of hydrogen-bond donors (Lipinski definition) is 1. The number of carboxylic acid groups (broad SMARTS) is 1. The Morgan fingerprint density at radius 2 is 2.10 bits per heavy atom. The Bertz CT molecular complexity index is 505. The van der Waals surface area contributed by atoms with Crippen LogP contribution in [0.4, 0.5) is 0 Å². The Morgan fingerprint density at radius 3 is 2.76 bits per heavy atom. The molecule has 2 rings (SSSR count). The number of carbonyl (C=O) groups is 2. The highest BCUT2D eigenvalue weighted by Crippen LogP contribution is 2.16. The molecule has 1 aromatic carbocycles. The summed E-state index contributed by atoms with van der Waals surface area (Å²) in [5.74, 6) is -0.609. The normalized spacial score (nSPS) is 18.3. The molecule has 21 heavy (non-hydrogen) atoms. The van der Waals surface area contributed by atoms with E-state index in [4.69, 9.17) is 14.6 Å². The third-order valence-corrected chi connectivity index (χ3v) is 3.66. The monoisotopic (exact) mass is 357 g/mol. The maximum atomic E-state index is 12.1. The lowest BCUT2D eigenvalue weighted by atomic mass is 10.2. The summed E-state index contributed by atoms with van der Waals surface area (Å²) < 4.78 is 11.5. The lowest BCUT2D eigenvalue weighted by Crippen LogP contribution is -2.52. The van der Waals surface area contributed by atoms with Crippen LogP contribution in [0.3, 0.4) is 0 Å². The third-order valence-electron chi connectivity index (χ3n) is 3.13. The van der Waals surface area contributed by atoms with Gasteiger partial charge in [-0.15, -0.1) is 0 Å². The van der Waals surface area contributed by atoms with Gasteiger partial charge in [0.15, 0.2) is 6.04 Å². The molecule has 0 saturated carbocycles. The molecule has 0 spiro atoms. The van der Waals surface area contributed by atoms with Gasteiger partial charge in [-0.2, -0.15) is 0 Å². The van der Waals surface area contributed by atoms with E-state index in [-0.39, 0.29) is 25.5 Å². The molecule has 1 saturated heterocycles. The second-order valence-electron chi connectivity index (χ2n) is 4.57. The molecule has 0 aromatic heterocycles. The highest BCUT2D eigenvalue weighted by molar-refractivity contribution is 9.10. The third kappa shape index (κ3) is 4.44. The fourth-order valence-corrected chi connectivity index (χ4v) is 2.30. The number of nitrogens with zero attached hydrogens (tertiary/aromatic N) is 1. The largest absolute Gasteiger partial charge is 0.493 e. The Morgan fingerprint density at radius 1 is 1.38 bits per heavy atom. The first-order chi connectivity index (χ1) is 10.1. The lowest BCUT2D eigenvalue weighted by Gasteiger charge is -2.32. The van der Waals surface area contributed by atoms with Crippen LogP contribution in [0.1, 0.15) is 6.42 Å². The number of benzene rings is 1. The summed E-state index contributed by atoms with van der Waals surface area (Å²) in [5.41, 5.74) is 0. The van der Waals surface area contributed by atoms with Crippen LogP contribution in [-0.4, -0.2) is 54.3 Å². The van der Waals surface area contributed by atoms with Crippen molar-refractivity contribution in [2.45, 2.75) is 12.5 Å². The average molecular weight is 358 g/mol. The fourth-order valence-electron chi connectivity index (χ4n) is 2.04. The van der Waals surface area contributed by atoms with Gasteiger partial charge in [0.1, 0.15) is 5.75 Å². The number of hydrogen-bond acceptors (Lipinski definition) is 4. The molecule has 7 heteroatoms. The average Bonchev–Trinajstić information content (AvgIpc) is 2.49. The highest BCUT2D eigenvalue weighted by atomic mass is 79.9. The summed E-state index contributed by atoms with van der Waals surface area (Å²) in [6.45, 7) is 0.913. The fraction of sp³-hybridized carbons (Fsp3) is 0.429. The number of rotatable bonds is 5. The Kier molecular flexibility index (Phi) is 5.58. The van der Waals surface area contributed by atoms with Crippen molar-refractivity contribution < 1.29 is 24.2 Å². The van der Waals surface area contributed by atoms with E-state index in [0.29, 0.717) is 18.9 Å². The Labute approximate surface area is 130 Å². The summed E-state index contributed by atoms with van der Waals surface area (Å²) in [6, 6.07) is 6.38. The lowest BCUT2D eigenvalue weighted by molar-refractivity contribution is -0.158. The van der Waals surface area contributed by atoms with Crippen LogP contribution in [0.25, 0.3) is 0 Å². The van der Waals surface area contributed by atoms with Gasteiger partial charge < -0.3 is 19.5 Å². The second kappa shape index (κ2) is 7.42. The molecular weight excluding hydrogens is 342 g/mol. The first kappa shape index (κ1) is 15.8. The van der Waals surface area contributed by atoms with E-state index in [9.17, 15) is 9.59 Å². The van der Waals surface area contributed by atoms with E-state index >= 15 is 0 Å². The van der Waals surface area contributed by atoms with Crippen LogP contribution in [0.2, 0.25) is 0 Å². The first-order valence-corrected chi connectivity index (χ1v) is 7.35. The molecule has 1 aromatic rings. The molecule has 114 valence electrons. The second-order valence-corrected chi connectivity index (χ2v) is 5.48. The summed E-state index contributed by atoms with van der Waals surface area (Å²) in [6.07, 6.45) is 0.139. The standard InChI is InChI=1S/C14H16BrNO5/c15-10-1-3-11(4-2-10)21-7-5-13(17)16-6-8-20-9-12(16)14(18)19/h1-4,12H,5-9H2,(H,18,19). The van der Waals surface area contributed by atoms with Crippen molar-refractivity contribution in [3.8, 4) is 5.75 Å². The van der Waals surface area contributed by atoms with Gasteiger partial charge >= 0.3 is 5.97 Å². The van der Waals surface area contributed by atoms with Crippen LogP contribution in [0.5, 0.6) is 5.75 Å². The maximum absolute atomic E-state index is 12.1. The maximum Gasteiger partial charge on any atom is 0.328 e. The highest BCUT2D eigenvalue weighted by Gasteiger charge is 2.32. The van der Waals surface area contributed by atoms with Crippen LogP contribution in [-0.2, 0) is 14.3 Å². The van der Waals surface area contributed by atoms with Gasteiger partial charge in [-0.05, 0) is 24.3 Å². The number of amides is 1. The van der Waals surface area contributed by atoms with Crippen LogP contribution >= 0.6 is 15.9 Å². The van der Waals surface area contributed by atoms with E-state index < -0.39 is 12.0 Å². The van der Waals surface area contributed by atoms with Gasteiger partial charge in [0.05, 0.1) is 26.2 Å². The number of carbonyl (C=O) groups excluding carboxylic acids is 1. The topological polar surface area (TPSA) is 76.1 Å². The van der Waals surface area contributed by atoms with Gasteiger partial charge in [-0.1, -0.05) is 15.9 Å². The van der Waals surface area contributed by atoms with Gasteiger partial charge in [-0.3, -0.25) is 4.79 Å². The molecule has 6 nitrogen and oxygen atoms in total. The van der Waals surface area contributed by atoms with Gasteiger partial charge in [0, 0.05) is 11.0 Å². The van der Waals surface area contributed by atoms with Crippen molar-refractivity contribution in [3.05, 3.63) is 28.7 Å². The van der Waals surface area contributed by atoms with Crippen LogP contribution in [0, 0.1) is 0 Å². The molecule has 1 aliphatic rings. The van der Waals surface area contributed by atoms with E-state index in [1.807, 2.05) is 12.1 Å². The van der Waals surface area contributed by atoms with E-state index in [1.165, 1.54) is 4.90 Å². The van der Waals surface area contributed by atoms with E-state index in [0.717, 1.165) is 4.47 Å². The molecular formula is C14H16BrNO5. The van der Waals surface area contributed by atoms with Gasteiger partial charge in [0.2, 0.25) is 5.91 Å². The van der Waals surface area contributed by atoms with Crippen molar-refractivity contribution in [1.29, 1.82) is 0 Å². The number of morpholine rings is 1. The number of ether oxygens (including phenoxy) is 2.